The summed E-state index contributed by atoms with van der Waals surface area (Å²) in [5.41, 5.74) is 2.48. The van der Waals surface area contributed by atoms with Crippen molar-refractivity contribution in [3.8, 4) is 0 Å². The van der Waals surface area contributed by atoms with E-state index in [0.717, 1.165) is 34.4 Å². The zero-order valence-electron chi connectivity index (χ0n) is 17.1. The zero-order chi connectivity index (χ0) is 20.5. The molecule has 0 atom stereocenters. The maximum absolute atomic E-state index is 12.8. The average molecular weight is 411 g/mol. The van der Waals surface area contributed by atoms with Gasteiger partial charge < -0.3 is 10.2 Å². The van der Waals surface area contributed by atoms with E-state index in [1.165, 1.54) is 37.5 Å². The third-order valence-electron chi connectivity index (χ3n) is 5.70. The van der Waals surface area contributed by atoms with E-state index in [-0.39, 0.29) is 11.8 Å². The zero-order valence-corrected chi connectivity index (χ0v) is 17.9. The molecule has 1 aliphatic carbocycles. The van der Waals surface area contributed by atoms with Crippen LogP contribution in [0.4, 0.5) is 11.4 Å². The Morgan fingerprint density at radius 2 is 1.86 bits per heavy atom. The SMILES string of the molecule is CC(=O)N(C)c1ccc(NC(=O)c2cc3c(C)nn(C4CCCCC4)c3s2)cc1. The normalized spacial score (nSPS) is 14.9. The molecular weight excluding hydrogens is 384 g/mol. The fraction of sp³-hybridized carbons (Fsp3) is 0.409. The molecule has 7 heteroatoms. The molecule has 1 fully saturated rings. The Balaban J connectivity index is 1.53. The number of hydrogen-bond donors (Lipinski definition) is 1. The topological polar surface area (TPSA) is 67.2 Å². The van der Waals surface area contributed by atoms with Gasteiger partial charge in [0, 0.05) is 30.7 Å². The van der Waals surface area contributed by atoms with E-state index in [1.807, 2.05) is 37.3 Å². The Kier molecular flexibility index (Phi) is 5.41. The van der Waals surface area contributed by atoms with Crippen molar-refractivity contribution >= 4 is 44.7 Å². The second-order valence-electron chi connectivity index (χ2n) is 7.73. The van der Waals surface area contributed by atoms with E-state index < -0.39 is 0 Å². The minimum absolute atomic E-state index is 0.0329. The minimum atomic E-state index is -0.117. The van der Waals surface area contributed by atoms with Crippen molar-refractivity contribution in [3.63, 3.8) is 0 Å². The van der Waals surface area contributed by atoms with Gasteiger partial charge in [0.1, 0.15) is 4.83 Å². The van der Waals surface area contributed by atoms with Crippen molar-refractivity contribution in [1.29, 1.82) is 0 Å². The highest BCUT2D eigenvalue weighted by atomic mass is 32.1. The molecule has 2 heterocycles. The number of rotatable bonds is 4. The molecule has 0 spiro atoms. The quantitative estimate of drug-likeness (QED) is 0.647. The van der Waals surface area contributed by atoms with Crippen molar-refractivity contribution in [1.82, 2.24) is 9.78 Å². The molecule has 1 N–H and O–H groups in total. The van der Waals surface area contributed by atoms with Gasteiger partial charge in [0.2, 0.25) is 5.91 Å². The van der Waals surface area contributed by atoms with E-state index in [9.17, 15) is 9.59 Å². The first-order valence-corrected chi connectivity index (χ1v) is 10.9. The first kappa shape index (κ1) is 19.6. The van der Waals surface area contributed by atoms with Crippen LogP contribution < -0.4 is 10.2 Å². The molecule has 2 aromatic heterocycles. The van der Waals surface area contributed by atoms with Crippen molar-refractivity contribution < 1.29 is 9.59 Å². The van der Waals surface area contributed by atoms with E-state index in [4.69, 9.17) is 5.10 Å². The van der Waals surface area contributed by atoms with Gasteiger partial charge in [0.15, 0.2) is 0 Å². The van der Waals surface area contributed by atoms with Crippen molar-refractivity contribution in [2.45, 2.75) is 52.0 Å². The molecule has 1 aromatic carbocycles. The number of amides is 2. The summed E-state index contributed by atoms with van der Waals surface area (Å²) < 4.78 is 2.15. The molecule has 2 amide bonds. The lowest BCUT2D eigenvalue weighted by atomic mass is 9.96. The largest absolute Gasteiger partial charge is 0.321 e. The molecule has 0 aliphatic heterocycles. The van der Waals surface area contributed by atoms with Gasteiger partial charge in [-0.1, -0.05) is 19.3 Å². The van der Waals surface area contributed by atoms with E-state index in [2.05, 4.69) is 10.00 Å². The lowest BCUT2D eigenvalue weighted by molar-refractivity contribution is -0.116. The second-order valence-corrected chi connectivity index (χ2v) is 8.76. The molecule has 3 aromatic rings. The first-order chi connectivity index (χ1) is 13.9. The smallest absolute Gasteiger partial charge is 0.265 e. The molecule has 0 saturated heterocycles. The molecule has 152 valence electrons. The number of aromatic nitrogens is 2. The highest BCUT2D eigenvalue weighted by Crippen LogP contribution is 2.35. The standard InChI is InChI=1S/C22H26N4O2S/c1-14-19-13-20(29-22(19)26(24-14)18-7-5-4-6-8-18)21(28)23-16-9-11-17(12-10-16)25(3)15(2)27/h9-13,18H,4-8H2,1-3H3,(H,23,28). The van der Waals surface area contributed by atoms with Crippen molar-refractivity contribution in [2.75, 3.05) is 17.3 Å². The summed E-state index contributed by atoms with van der Waals surface area (Å²) in [6, 6.07) is 9.68. The average Bonchev–Trinajstić information content (AvgIpc) is 3.29. The number of carbonyl (C=O) groups excluding carboxylic acids is 2. The van der Waals surface area contributed by atoms with E-state index in [1.54, 1.807) is 11.9 Å². The van der Waals surface area contributed by atoms with Crippen LogP contribution in [0.3, 0.4) is 0 Å². The summed E-state index contributed by atoms with van der Waals surface area (Å²) >= 11 is 1.51. The third kappa shape index (κ3) is 3.92. The van der Waals surface area contributed by atoms with Crippen LogP contribution in [0.2, 0.25) is 0 Å². The third-order valence-corrected chi connectivity index (χ3v) is 6.82. The van der Waals surface area contributed by atoms with Crippen LogP contribution in [0.15, 0.2) is 30.3 Å². The van der Waals surface area contributed by atoms with Crippen molar-refractivity contribution in [2.24, 2.45) is 0 Å². The van der Waals surface area contributed by atoms with Gasteiger partial charge in [-0.05, 0) is 50.1 Å². The predicted molar refractivity (Wildman–Crippen MR) is 118 cm³/mol. The van der Waals surface area contributed by atoms with Crippen LogP contribution in [0.5, 0.6) is 0 Å². The number of carbonyl (C=O) groups is 2. The summed E-state index contributed by atoms with van der Waals surface area (Å²) in [5.74, 6) is -0.150. The highest BCUT2D eigenvalue weighted by Gasteiger charge is 2.22. The number of benzene rings is 1. The predicted octanol–water partition coefficient (Wildman–Crippen LogP) is 5.15. The Morgan fingerprint density at radius 1 is 1.17 bits per heavy atom. The Bertz CT molecular complexity index is 1040. The molecular formula is C22H26N4O2S. The molecule has 1 aliphatic rings. The molecule has 6 nitrogen and oxygen atoms in total. The van der Waals surface area contributed by atoms with Crippen LogP contribution in [-0.2, 0) is 4.79 Å². The lowest BCUT2D eigenvalue weighted by Gasteiger charge is -2.22. The first-order valence-electron chi connectivity index (χ1n) is 10.1. The summed E-state index contributed by atoms with van der Waals surface area (Å²) in [7, 11) is 1.73. The molecule has 1 saturated carbocycles. The van der Waals surface area contributed by atoms with Crippen LogP contribution in [0.1, 0.15) is 60.4 Å². The molecule has 4 rings (SSSR count). The number of aryl methyl sites for hydroxylation is 1. The van der Waals surface area contributed by atoms with Crippen LogP contribution in [0.25, 0.3) is 10.2 Å². The van der Waals surface area contributed by atoms with Gasteiger partial charge >= 0.3 is 0 Å². The fourth-order valence-corrected chi connectivity index (χ4v) is 5.03. The number of thiophene rings is 1. The van der Waals surface area contributed by atoms with Gasteiger partial charge in [-0.3, -0.25) is 14.3 Å². The number of hydrogen-bond acceptors (Lipinski definition) is 4. The summed E-state index contributed by atoms with van der Waals surface area (Å²) in [5, 5.41) is 8.80. The number of nitrogens with one attached hydrogen (secondary N) is 1. The van der Waals surface area contributed by atoms with Gasteiger partial charge in [0.25, 0.3) is 5.91 Å². The highest BCUT2D eigenvalue weighted by molar-refractivity contribution is 7.20. The Labute approximate surface area is 174 Å². The second kappa shape index (κ2) is 7.99. The molecule has 29 heavy (non-hydrogen) atoms. The van der Waals surface area contributed by atoms with Gasteiger partial charge in [-0.15, -0.1) is 11.3 Å². The Hall–Kier alpha value is -2.67. The van der Waals surface area contributed by atoms with E-state index >= 15 is 0 Å². The Morgan fingerprint density at radius 3 is 2.52 bits per heavy atom. The fourth-order valence-electron chi connectivity index (χ4n) is 3.90. The molecule has 0 unspecified atom stereocenters. The van der Waals surface area contributed by atoms with Gasteiger partial charge in [0.05, 0.1) is 16.6 Å². The minimum Gasteiger partial charge on any atom is -0.321 e. The van der Waals surface area contributed by atoms with Gasteiger partial charge in [-0.2, -0.15) is 5.10 Å². The number of nitrogens with zero attached hydrogens (tertiary/aromatic N) is 3. The maximum atomic E-state index is 12.8. The summed E-state index contributed by atoms with van der Waals surface area (Å²) in [6.45, 7) is 3.54. The van der Waals surface area contributed by atoms with Gasteiger partial charge in [-0.25, -0.2) is 0 Å². The number of anilines is 2. The maximum Gasteiger partial charge on any atom is 0.265 e. The number of fused-ring (bicyclic) bond motifs is 1. The van der Waals surface area contributed by atoms with Crippen molar-refractivity contribution in [3.05, 3.63) is 40.9 Å². The lowest BCUT2D eigenvalue weighted by Crippen LogP contribution is -2.22. The van der Waals surface area contributed by atoms with Crippen LogP contribution in [-0.4, -0.2) is 28.6 Å². The van der Waals surface area contributed by atoms with Crippen LogP contribution in [0, 0.1) is 6.92 Å². The molecule has 0 radical (unpaired) electrons. The van der Waals surface area contributed by atoms with E-state index in [0.29, 0.717) is 16.6 Å². The monoisotopic (exact) mass is 410 g/mol. The summed E-state index contributed by atoms with van der Waals surface area (Å²) in [4.78, 5) is 27.6. The molecule has 0 bridgehead atoms. The summed E-state index contributed by atoms with van der Waals surface area (Å²) in [6.07, 6.45) is 6.13. The van der Waals surface area contributed by atoms with Crippen LogP contribution >= 0.6 is 11.3 Å².